The van der Waals surface area contributed by atoms with Crippen LogP contribution in [0.1, 0.15) is 21.8 Å². The zero-order valence-electron chi connectivity index (χ0n) is 15.3. The molecule has 4 rings (SSSR count). The van der Waals surface area contributed by atoms with Crippen LogP contribution in [0.3, 0.4) is 0 Å². The van der Waals surface area contributed by atoms with Crippen LogP contribution in [0.15, 0.2) is 60.0 Å². The fraction of sp³-hybridized carbons (Fsp3) is 0.318. The lowest BCUT2D eigenvalue weighted by Crippen LogP contribution is -2.46. The second-order valence-electron chi connectivity index (χ2n) is 6.94. The second kappa shape index (κ2) is 8.02. The number of nitrogens with zero attached hydrogens (tertiary/aromatic N) is 3. The van der Waals surface area contributed by atoms with Crippen molar-refractivity contribution < 1.29 is 0 Å². The predicted molar refractivity (Wildman–Crippen MR) is 110 cm³/mol. The monoisotopic (exact) mass is 363 g/mol. The van der Waals surface area contributed by atoms with Crippen LogP contribution in [0, 0.1) is 6.92 Å². The second-order valence-corrected chi connectivity index (χ2v) is 7.89. The first kappa shape index (κ1) is 17.3. The van der Waals surface area contributed by atoms with E-state index in [1.165, 1.54) is 27.5 Å². The van der Waals surface area contributed by atoms with Gasteiger partial charge in [0, 0.05) is 50.2 Å². The molecule has 2 aromatic carbocycles. The van der Waals surface area contributed by atoms with Crippen molar-refractivity contribution in [1.29, 1.82) is 0 Å². The molecule has 0 radical (unpaired) electrons. The maximum atomic E-state index is 4.85. The van der Waals surface area contributed by atoms with Gasteiger partial charge in [0.15, 0.2) is 0 Å². The van der Waals surface area contributed by atoms with Gasteiger partial charge in [0.1, 0.15) is 0 Å². The molecule has 1 aliphatic heterocycles. The first-order valence-electron chi connectivity index (χ1n) is 9.28. The van der Waals surface area contributed by atoms with E-state index in [0.29, 0.717) is 0 Å². The summed E-state index contributed by atoms with van der Waals surface area (Å²) < 4.78 is 0. The third-order valence-corrected chi connectivity index (χ3v) is 5.91. The average Bonchev–Trinajstić information content (AvgIpc) is 3.10. The summed E-state index contributed by atoms with van der Waals surface area (Å²) in [5, 5.41) is 3.44. The van der Waals surface area contributed by atoms with Crippen molar-refractivity contribution in [3.05, 3.63) is 81.8 Å². The van der Waals surface area contributed by atoms with Crippen molar-refractivity contribution in [1.82, 2.24) is 9.88 Å². The Morgan fingerprint density at radius 1 is 0.923 bits per heavy atom. The van der Waals surface area contributed by atoms with Crippen LogP contribution in [0.4, 0.5) is 5.69 Å². The standard InChI is InChI=1S/C22H25N3S/c1-18-7-5-6-10-21(18)25-13-11-24(12-14-25)16-20-17-26-22(23-20)15-19-8-3-2-4-9-19/h2-10,17H,11-16H2,1H3. The summed E-state index contributed by atoms with van der Waals surface area (Å²) in [6, 6.07) is 19.3. The highest BCUT2D eigenvalue weighted by Gasteiger charge is 2.19. The fourth-order valence-electron chi connectivity index (χ4n) is 3.57. The van der Waals surface area contributed by atoms with Gasteiger partial charge in [0.25, 0.3) is 0 Å². The molecule has 1 fully saturated rings. The number of hydrogen-bond donors (Lipinski definition) is 0. The Labute approximate surface area is 159 Å². The normalized spacial score (nSPS) is 15.3. The SMILES string of the molecule is Cc1ccccc1N1CCN(Cc2csc(Cc3ccccc3)n2)CC1. The van der Waals surface area contributed by atoms with Gasteiger partial charge >= 0.3 is 0 Å². The zero-order chi connectivity index (χ0) is 17.8. The van der Waals surface area contributed by atoms with Gasteiger partial charge < -0.3 is 4.90 Å². The van der Waals surface area contributed by atoms with E-state index in [1.54, 1.807) is 11.3 Å². The summed E-state index contributed by atoms with van der Waals surface area (Å²) in [6.45, 7) is 7.54. The maximum absolute atomic E-state index is 4.85. The van der Waals surface area contributed by atoms with E-state index in [0.717, 1.165) is 39.1 Å². The quantitative estimate of drug-likeness (QED) is 0.671. The van der Waals surface area contributed by atoms with E-state index in [2.05, 4.69) is 76.7 Å². The molecular weight excluding hydrogens is 338 g/mol. The van der Waals surface area contributed by atoms with Crippen LogP contribution in [0.2, 0.25) is 0 Å². The van der Waals surface area contributed by atoms with Crippen molar-refractivity contribution in [2.75, 3.05) is 31.1 Å². The Balaban J connectivity index is 1.31. The van der Waals surface area contributed by atoms with Crippen LogP contribution in [-0.2, 0) is 13.0 Å². The summed E-state index contributed by atoms with van der Waals surface area (Å²) in [6.07, 6.45) is 0.937. The lowest BCUT2D eigenvalue weighted by molar-refractivity contribution is 0.247. The van der Waals surface area contributed by atoms with Crippen LogP contribution < -0.4 is 4.90 Å². The van der Waals surface area contributed by atoms with E-state index in [1.807, 2.05) is 0 Å². The van der Waals surface area contributed by atoms with Gasteiger partial charge in [-0.1, -0.05) is 48.5 Å². The highest BCUT2D eigenvalue weighted by atomic mass is 32.1. The van der Waals surface area contributed by atoms with Gasteiger partial charge in [-0.3, -0.25) is 4.90 Å². The molecule has 1 aliphatic rings. The molecule has 2 heterocycles. The van der Waals surface area contributed by atoms with Crippen LogP contribution in [-0.4, -0.2) is 36.1 Å². The summed E-state index contributed by atoms with van der Waals surface area (Å²) in [4.78, 5) is 9.89. The van der Waals surface area contributed by atoms with Crippen LogP contribution in [0.5, 0.6) is 0 Å². The van der Waals surface area contributed by atoms with Crippen LogP contribution >= 0.6 is 11.3 Å². The molecule has 0 spiro atoms. The number of anilines is 1. The number of thiazole rings is 1. The molecule has 4 heteroatoms. The van der Waals surface area contributed by atoms with E-state index < -0.39 is 0 Å². The minimum atomic E-state index is 0.937. The zero-order valence-corrected chi connectivity index (χ0v) is 16.1. The molecule has 0 N–H and O–H groups in total. The van der Waals surface area contributed by atoms with Gasteiger partial charge in [-0.2, -0.15) is 0 Å². The summed E-state index contributed by atoms with van der Waals surface area (Å²) in [5.74, 6) is 0. The number of aromatic nitrogens is 1. The third kappa shape index (κ3) is 4.14. The Kier molecular flexibility index (Phi) is 5.32. The van der Waals surface area contributed by atoms with Crippen LogP contribution in [0.25, 0.3) is 0 Å². The highest BCUT2D eigenvalue weighted by molar-refractivity contribution is 7.09. The lowest BCUT2D eigenvalue weighted by atomic mass is 10.1. The van der Waals surface area contributed by atoms with E-state index in [4.69, 9.17) is 4.98 Å². The van der Waals surface area contributed by atoms with Gasteiger partial charge in [-0.05, 0) is 24.1 Å². The Hall–Kier alpha value is -2.17. The molecule has 1 aromatic heterocycles. The average molecular weight is 364 g/mol. The first-order valence-corrected chi connectivity index (χ1v) is 10.2. The number of para-hydroxylation sites is 1. The number of aryl methyl sites for hydroxylation is 1. The molecule has 0 amide bonds. The molecule has 134 valence electrons. The van der Waals surface area contributed by atoms with Gasteiger partial charge in [0.2, 0.25) is 0 Å². The summed E-state index contributed by atoms with van der Waals surface area (Å²) in [5.41, 5.74) is 5.29. The third-order valence-electron chi connectivity index (χ3n) is 5.01. The van der Waals surface area contributed by atoms with Gasteiger partial charge in [-0.25, -0.2) is 4.98 Å². The Morgan fingerprint density at radius 3 is 2.42 bits per heavy atom. The molecule has 0 saturated carbocycles. The fourth-order valence-corrected chi connectivity index (χ4v) is 4.39. The molecule has 3 nitrogen and oxygen atoms in total. The van der Waals surface area contributed by atoms with Crippen molar-refractivity contribution in [2.24, 2.45) is 0 Å². The van der Waals surface area contributed by atoms with E-state index >= 15 is 0 Å². The number of hydrogen-bond acceptors (Lipinski definition) is 4. The molecule has 26 heavy (non-hydrogen) atoms. The smallest absolute Gasteiger partial charge is 0.0972 e. The minimum Gasteiger partial charge on any atom is -0.369 e. The van der Waals surface area contributed by atoms with Crippen molar-refractivity contribution in [3.63, 3.8) is 0 Å². The summed E-state index contributed by atoms with van der Waals surface area (Å²) >= 11 is 1.78. The van der Waals surface area contributed by atoms with Crippen molar-refractivity contribution >= 4 is 17.0 Å². The number of piperazine rings is 1. The van der Waals surface area contributed by atoms with Crippen molar-refractivity contribution in [3.8, 4) is 0 Å². The minimum absolute atomic E-state index is 0.937. The molecule has 1 saturated heterocycles. The largest absolute Gasteiger partial charge is 0.369 e. The topological polar surface area (TPSA) is 19.4 Å². The Bertz CT molecular complexity index is 835. The molecule has 3 aromatic rings. The predicted octanol–water partition coefficient (Wildman–Crippen LogP) is 4.36. The number of rotatable bonds is 5. The molecule has 0 aliphatic carbocycles. The highest BCUT2D eigenvalue weighted by Crippen LogP contribution is 2.22. The van der Waals surface area contributed by atoms with E-state index in [-0.39, 0.29) is 0 Å². The lowest BCUT2D eigenvalue weighted by Gasteiger charge is -2.36. The van der Waals surface area contributed by atoms with Gasteiger partial charge in [-0.15, -0.1) is 11.3 Å². The molecule has 0 atom stereocenters. The van der Waals surface area contributed by atoms with Crippen molar-refractivity contribution in [2.45, 2.75) is 19.9 Å². The number of benzene rings is 2. The first-order chi connectivity index (χ1) is 12.8. The summed E-state index contributed by atoms with van der Waals surface area (Å²) in [7, 11) is 0. The maximum Gasteiger partial charge on any atom is 0.0972 e. The Morgan fingerprint density at radius 2 is 1.65 bits per heavy atom. The molecular formula is C22H25N3S. The van der Waals surface area contributed by atoms with Gasteiger partial charge in [0.05, 0.1) is 10.7 Å². The molecule has 0 bridgehead atoms. The molecule has 0 unspecified atom stereocenters. The van der Waals surface area contributed by atoms with E-state index in [9.17, 15) is 0 Å².